The SMILES string of the molecule is CCCCCC(=O)/C=C/C=C\C/C=C\C/C=C\CCCC(=O)O[C@H](COC(=O)CCCCCCCCCCCCCCC(C)C)COP(=O)(O)OC[C@@H](O)CO. The molecule has 0 aromatic rings. The van der Waals surface area contributed by atoms with Crippen LogP contribution in [0.3, 0.4) is 0 Å². The first-order valence-corrected chi connectivity index (χ1v) is 22.9. The Balaban J connectivity index is 4.45. The van der Waals surface area contributed by atoms with Crippen LogP contribution in [0, 0.1) is 5.92 Å². The molecule has 0 aliphatic carbocycles. The van der Waals surface area contributed by atoms with Gasteiger partial charge >= 0.3 is 19.8 Å². The normalized spacial score (nSPS) is 14.3. The highest BCUT2D eigenvalue weighted by molar-refractivity contribution is 7.47. The second kappa shape index (κ2) is 38.1. The smallest absolute Gasteiger partial charge is 0.462 e. The minimum Gasteiger partial charge on any atom is -0.462 e. The van der Waals surface area contributed by atoms with Gasteiger partial charge in [-0.1, -0.05) is 153 Å². The Morgan fingerprint density at radius 3 is 1.82 bits per heavy atom. The van der Waals surface area contributed by atoms with E-state index < -0.39 is 51.8 Å². The molecule has 0 heterocycles. The number of aliphatic hydroxyl groups excluding tert-OH is 2. The molecule has 0 bridgehead atoms. The Bertz CT molecular complexity index is 1150. The zero-order valence-corrected chi connectivity index (χ0v) is 35.9. The van der Waals surface area contributed by atoms with E-state index in [-0.39, 0.29) is 25.2 Å². The van der Waals surface area contributed by atoms with Crippen LogP contribution in [0.15, 0.2) is 48.6 Å². The van der Waals surface area contributed by atoms with Crippen LogP contribution in [0.2, 0.25) is 0 Å². The Hall–Kier alpha value is -2.40. The Morgan fingerprint density at radius 2 is 1.20 bits per heavy atom. The molecule has 11 nitrogen and oxygen atoms in total. The summed E-state index contributed by atoms with van der Waals surface area (Å²) >= 11 is 0. The van der Waals surface area contributed by atoms with E-state index in [1.165, 1.54) is 57.8 Å². The lowest BCUT2D eigenvalue weighted by atomic mass is 10.0. The van der Waals surface area contributed by atoms with Gasteiger partial charge in [-0.3, -0.25) is 23.4 Å². The number of rotatable bonds is 39. The fraction of sp³-hybridized carbons (Fsp3) is 0.750. The number of ether oxygens (including phenoxy) is 2. The summed E-state index contributed by atoms with van der Waals surface area (Å²) in [4.78, 5) is 46.7. The first kappa shape index (κ1) is 53.6. The molecule has 324 valence electrons. The summed E-state index contributed by atoms with van der Waals surface area (Å²) in [5.74, 6) is -0.0670. The minimum atomic E-state index is -4.65. The fourth-order valence-electron chi connectivity index (χ4n) is 5.54. The van der Waals surface area contributed by atoms with Crippen molar-refractivity contribution >= 4 is 25.5 Å². The third-order valence-corrected chi connectivity index (χ3v) is 9.84. The van der Waals surface area contributed by atoms with Crippen molar-refractivity contribution in [3.8, 4) is 0 Å². The Morgan fingerprint density at radius 1 is 0.643 bits per heavy atom. The molecule has 0 radical (unpaired) electrons. The zero-order chi connectivity index (χ0) is 41.5. The van der Waals surface area contributed by atoms with Crippen molar-refractivity contribution in [3.63, 3.8) is 0 Å². The summed E-state index contributed by atoms with van der Waals surface area (Å²) in [6, 6.07) is 0. The first-order valence-electron chi connectivity index (χ1n) is 21.4. The number of esters is 2. The van der Waals surface area contributed by atoms with Crippen molar-refractivity contribution in [1.29, 1.82) is 0 Å². The molecule has 0 fully saturated rings. The van der Waals surface area contributed by atoms with Gasteiger partial charge in [0.1, 0.15) is 12.7 Å². The highest BCUT2D eigenvalue weighted by Gasteiger charge is 2.27. The molecule has 3 N–H and O–H groups in total. The number of allylic oxidation sites excluding steroid dienone is 8. The van der Waals surface area contributed by atoms with Crippen molar-refractivity contribution in [2.45, 2.75) is 181 Å². The quantitative estimate of drug-likeness (QED) is 0.0135. The molecule has 0 aliphatic heterocycles. The van der Waals surface area contributed by atoms with Crippen LogP contribution in [0.5, 0.6) is 0 Å². The molecular weight excluding hydrogens is 735 g/mol. The van der Waals surface area contributed by atoms with E-state index in [1.54, 1.807) is 12.2 Å². The van der Waals surface area contributed by atoms with Gasteiger partial charge in [0.25, 0.3) is 0 Å². The lowest BCUT2D eigenvalue weighted by molar-refractivity contribution is -0.161. The van der Waals surface area contributed by atoms with E-state index in [0.717, 1.165) is 57.3 Å². The zero-order valence-electron chi connectivity index (χ0n) is 35.0. The molecule has 0 aliphatic rings. The lowest BCUT2D eigenvalue weighted by Crippen LogP contribution is -2.29. The van der Waals surface area contributed by atoms with Gasteiger partial charge < -0.3 is 24.6 Å². The minimum absolute atomic E-state index is 0.0818. The summed E-state index contributed by atoms with van der Waals surface area (Å²) in [5.41, 5.74) is 0. The van der Waals surface area contributed by atoms with Gasteiger partial charge in [-0.25, -0.2) is 4.57 Å². The molecule has 0 aromatic carbocycles. The summed E-state index contributed by atoms with van der Waals surface area (Å²) < 4.78 is 32.6. The largest absolute Gasteiger partial charge is 0.472 e. The number of phosphoric acid groups is 1. The first-order chi connectivity index (χ1) is 27.0. The molecule has 0 amide bonds. The van der Waals surface area contributed by atoms with Crippen LogP contribution in [-0.2, 0) is 37.5 Å². The number of hydrogen-bond acceptors (Lipinski definition) is 10. The molecule has 0 spiro atoms. The van der Waals surface area contributed by atoms with Gasteiger partial charge in [-0.15, -0.1) is 0 Å². The highest BCUT2D eigenvalue weighted by Crippen LogP contribution is 2.43. The van der Waals surface area contributed by atoms with Crippen LogP contribution in [0.4, 0.5) is 0 Å². The summed E-state index contributed by atoms with van der Waals surface area (Å²) in [6.07, 6.45) is 35.0. The number of carbonyl (C=O) groups excluding carboxylic acids is 3. The van der Waals surface area contributed by atoms with Crippen molar-refractivity contribution in [2.75, 3.05) is 26.4 Å². The standard InChI is InChI=1S/C44H77O11P/c1-4-5-25-31-40(46)32-27-22-18-14-10-8-12-16-20-24-29-34-44(49)55-42(38-54-56(50,51)53-36-41(47)35-45)37-52-43(48)33-28-23-19-15-11-7-6-9-13-17-21-26-30-39(2)3/h8,10,16,18,20,22,27,32,39,41-42,45,47H,4-7,9,11-15,17,19,21,23-26,28-31,33-38H2,1-3H3,(H,50,51)/b10-8-,20-16-,22-18-,32-27+/t41-,42+/m0/s1. The van der Waals surface area contributed by atoms with Crippen molar-refractivity contribution < 1.29 is 52.6 Å². The van der Waals surface area contributed by atoms with E-state index in [1.807, 2.05) is 36.5 Å². The van der Waals surface area contributed by atoms with E-state index in [2.05, 4.69) is 25.3 Å². The monoisotopic (exact) mass is 813 g/mol. The number of unbranched alkanes of at least 4 members (excludes halogenated alkanes) is 14. The maximum atomic E-state index is 12.6. The molecule has 0 saturated heterocycles. The average Bonchev–Trinajstić information content (AvgIpc) is 3.16. The van der Waals surface area contributed by atoms with Gasteiger partial charge in [0.2, 0.25) is 0 Å². The molecule has 0 saturated carbocycles. The fourth-order valence-corrected chi connectivity index (χ4v) is 6.33. The second-order valence-electron chi connectivity index (χ2n) is 14.9. The maximum absolute atomic E-state index is 12.6. The molecule has 12 heteroatoms. The number of hydrogen-bond donors (Lipinski definition) is 3. The molecule has 0 rings (SSSR count). The van der Waals surface area contributed by atoms with Gasteiger partial charge in [0, 0.05) is 19.3 Å². The van der Waals surface area contributed by atoms with Crippen molar-refractivity contribution in [2.24, 2.45) is 5.92 Å². The molecule has 56 heavy (non-hydrogen) atoms. The van der Waals surface area contributed by atoms with E-state index >= 15 is 0 Å². The molecule has 1 unspecified atom stereocenters. The predicted octanol–water partition coefficient (Wildman–Crippen LogP) is 10.4. The number of ketones is 1. The van der Waals surface area contributed by atoms with E-state index in [4.69, 9.17) is 19.1 Å². The van der Waals surface area contributed by atoms with Crippen molar-refractivity contribution in [3.05, 3.63) is 48.6 Å². The van der Waals surface area contributed by atoms with E-state index in [9.17, 15) is 28.9 Å². The van der Waals surface area contributed by atoms with Gasteiger partial charge in [0.05, 0.1) is 19.8 Å². The van der Waals surface area contributed by atoms with Crippen LogP contribution in [0.25, 0.3) is 0 Å². The molecule has 0 aromatic heterocycles. The van der Waals surface area contributed by atoms with Crippen LogP contribution < -0.4 is 0 Å². The average molecular weight is 813 g/mol. The second-order valence-corrected chi connectivity index (χ2v) is 16.3. The van der Waals surface area contributed by atoms with Crippen LogP contribution in [-0.4, -0.2) is 71.5 Å². The van der Waals surface area contributed by atoms with Crippen LogP contribution in [0.1, 0.15) is 168 Å². The summed E-state index contributed by atoms with van der Waals surface area (Å²) in [6.45, 7) is 4.45. The predicted molar refractivity (Wildman–Crippen MR) is 224 cm³/mol. The topological polar surface area (TPSA) is 166 Å². The Kier molecular flexibility index (Phi) is 36.5. The maximum Gasteiger partial charge on any atom is 0.472 e. The number of aliphatic hydroxyl groups is 2. The Labute approximate surface area is 339 Å². The third-order valence-electron chi connectivity index (χ3n) is 8.89. The number of carbonyl (C=O) groups is 3. The van der Waals surface area contributed by atoms with Gasteiger partial charge in [-0.2, -0.15) is 0 Å². The summed E-state index contributed by atoms with van der Waals surface area (Å²) in [7, 11) is -4.65. The third kappa shape index (κ3) is 38.5. The molecular formula is C44H77O11P. The number of phosphoric ester groups is 1. The summed E-state index contributed by atoms with van der Waals surface area (Å²) in [5, 5.41) is 18.3. The highest BCUT2D eigenvalue weighted by atomic mass is 31.2. The van der Waals surface area contributed by atoms with Gasteiger partial charge in [0.15, 0.2) is 11.9 Å². The lowest BCUT2D eigenvalue weighted by Gasteiger charge is -2.20. The van der Waals surface area contributed by atoms with Crippen molar-refractivity contribution in [1.82, 2.24) is 0 Å². The van der Waals surface area contributed by atoms with Gasteiger partial charge in [-0.05, 0) is 50.5 Å². The van der Waals surface area contributed by atoms with E-state index in [0.29, 0.717) is 25.7 Å². The van der Waals surface area contributed by atoms with Crippen LogP contribution >= 0.6 is 7.82 Å². The molecule has 3 atom stereocenters.